The SMILES string of the molecule is CCOc1ccc(NC(=O)Cc2csc(-n3nc(C)c(Cc4ccc(Cl)cc4)c3C)n2)cc1. The number of ether oxygens (including phenoxy) is 1. The van der Waals surface area contributed by atoms with Crippen LogP contribution in [0.4, 0.5) is 5.69 Å². The molecule has 4 rings (SSSR count). The first-order valence-electron chi connectivity index (χ1n) is 10.7. The number of carbonyl (C=O) groups is 1. The van der Waals surface area contributed by atoms with Crippen molar-refractivity contribution in [1.82, 2.24) is 14.8 Å². The van der Waals surface area contributed by atoms with Gasteiger partial charge in [-0.25, -0.2) is 9.67 Å². The van der Waals surface area contributed by atoms with Gasteiger partial charge in [0.25, 0.3) is 0 Å². The van der Waals surface area contributed by atoms with Crippen LogP contribution in [-0.2, 0) is 17.6 Å². The first-order valence-corrected chi connectivity index (χ1v) is 12.0. The largest absolute Gasteiger partial charge is 0.494 e. The van der Waals surface area contributed by atoms with Crippen molar-refractivity contribution in [2.24, 2.45) is 0 Å². The Bertz CT molecular complexity index is 1250. The lowest BCUT2D eigenvalue weighted by Crippen LogP contribution is -2.14. The summed E-state index contributed by atoms with van der Waals surface area (Å²) in [4.78, 5) is 17.1. The second-order valence-corrected chi connectivity index (χ2v) is 8.94. The maximum atomic E-state index is 12.5. The topological polar surface area (TPSA) is 69.0 Å². The summed E-state index contributed by atoms with van der Waals surface area (Å²) in [5, 5.41) is 11.0. The number of halogens is 1. The summed E-state index contributed by atoms with van der Waals surface area (Å²) >= 11 is 7.48. The molecule has 6 nitrogen and oxygen atoms in total. The van der Waals surface area contributed by atoms with Gasteiger partial charge in [0.2, 0.25) is 11.0 Å². The lowest BCUT2D eigenvalue weighted by molar-refractivity contribution is -0.115. The predicted octanol–water partition coefficient (Wildman–Crippen LogP) is 5.77. The molecule has 33 heavy (non-hydrogen) atoms. The molecule has 0 fully saturated rings. The van der Waals surface area contributed by atoms with E-state index < -0.39 is 0 Å². The van der Waals surface area contributed by atoms with Crippen molar-refractivity contribution in [2.75, 3.05) is 11.9 Å². The van der Waals surface area contributed by atoms with E-state index in [1.54, 1.807) is 0 Å². The van der Waals surface area contributed by atoms with Crippen molar-refractivity contribution >= 4 is 34.5 Å². The van der Waals surface area contributed by atoms with Crippen molar-refractivity contribution in [2.45, 2.75) is 33.6 Å². The normalized spacial score (nSPS) is 10.9. The monoisotopic (exact) mass is 480 g/mol. The number of nitrogens with one attached hydrogen (secondary N) is 1. The third-order valence-electron chi connectivity index (χ3n) is 5.25. The van der Waals surface area contributed by atoms with E-state index in [2.05, 4.69) is 10.3 Å². The van der Waals surface area contributed by atoms with Crippen molar-refractivity contribution in [3.63, 3.8) is 0 Å². The Morgan fingerprint density at radius 2 is 1.85 bits per heavy atom. The third-order valence-corrected chi connectivity index (χ3v) is 6.36. The molecular weight excluding hydrogens is 456 g/mol. The van der Waals surface area contributed by atoms with Gasteiger partial charge in [-0.05, 0) is 62.7 Å². The molecule has 2 heterocycles. The van der Waals surface area contributed by atoms with Crippen molar-refractivity contribution in [3.8, 4) is 10.9 Å². The summed E-state index contributed by atoms with van der Waals surface area (Å²) in [5.74, 6) is 0.660. The van der Waals surface area contributed by atoms with Crippen LogP contribution in [0.3, 0.4) is 0 Å². The minimum Gasteiger partial charge on any atom is -0.494 e. The van der Waals surface area contributed by atoms with Gasteiger partial charge in [0.05, 0.1) is 24.4 Å². The van der Waals surface area contributed by atoms with Crippen LogP contribution in [0.15, 0.2) is 53.9 Å². The Kier molecular flexibility index (Phi) is 7.11. The van der Waals surface area contributed by atoms with Crippen LogP contribution in [0.25, 0.3) is 5.13 Å². The fourth-order valence-corrected chi connectivity index (χ4v) is 4.52. The number of aryl methyl sites for hydroxylation is 1. The number of thiazole rings is 1. The summed E-state index contributed by atoms with van der Waals surface area (Å²) in [7, 11) is 0. The summed E-state index contributed by atoms with van der Waals surface area (Å²) in [6.07, 6.45) is 0.970. The highest BCUT2D eigenvalue weighted by atomic mass is 35.5. The molecule has 4 aromatic rings. The molecule has 0 aliphatic carbocycles. The van der Waals surface area contributed by atoms with Crippen LogP contribution in [0.1, 0.15) is 35.1 Å². The van der Waals surface area contributed by atoms with Crippen LogP contribution in [0.2, 0.25) is 5.02 Å². The van der Waals surface area contributed by atoms with E-state index in [-0.39, 0.29) is 12.3 Å². The molecule has 0 bridgehead atoms. The van der Waals surface area contributed by atoms with Gasteiger partial charge in [-0.3, -0.25) is 4.79 Å². The number of carbonyl (C=O) groups excluding carboxylic acids is 1. The molecular formula is C25H25ClN4O2S. The number of hydrogen-bond donors (Lipinski definition) is 1. The zero-order chi connectivity index (χ0) is 23.4. The standard InChI is InChI=1S/C25H25ClN4O2S/c1-4-32-22-11-9-20(10-12-22)27-24(31)14-21-15-33-25(28-21)30-17(3)23(16(2)29-30)13-18-5-7-19(26)8-6-18/h5-12,15H,4,13-14H2,1-3H3,(H,27,31). The van der Waals surface area contributed by atoms with E-state index in [1.165, 1.54) is 22.5 Å². The van der Waals surface area contributed by atoms with E-state index in [1.807, 2.05) is 79.4 Å². The van der Waals surface area contributed by atoms with Gasteiger partial charge in [-0.15, -0.1) is 11.3 Å². The zero-order valence-corrected chi connectivity index (χ0v) is 20.3. The van der Waals surface area contributed by atoms with E-state index in [9.17, 15) is 4.79 Å². The first kappa shape index (κ1) is 23.0. The molecule has 0 saturated carbocycles. The number of amides is 1. The first-order chi connectivity index (χ1) is 15.9. The smallest absolute Gasteiger partial charge is 0.230 e. The van der Waals surface area contributed by atoms with Crippen LogP contribution in [-0.4, -0.2) is 27.3 Å². The highest BCUT2D eigenvalue weighted by molar-refractivity contribution is 7.12. The Morgan fingerprint density at radius 1 is 1.12 bits per heavy atom. The van der Waals surface area contributed by atoms with Crippen molar-refractivity contribution in [3.05, 3.63) is 87.1 Å². The molecule has 0 aliphatic heterocycles. The lowest BCUT2D eigenvalue weighted by atomic mass is 10.0. The molecule has 2 aromatic heterocycles. The molecule has 0 unspecified atom stereocenters. The molecule has 0 aliphatic rings. The molecule has 0 spiro atoms. The van der Waals surface area contributed by atoms with Crippen LogP contribution >= 0.6 is 22.9 Å². The van der Waals surface area contributed by atoms with Crippen molar-refractivity contribution in [1.29, 1.82) is 0 Å². The maximum Gasteiger partial charge on any atom is 0.230 e. The molecule has 0 saturated heterocycles. The highest BCUT2D eigenvalue weighted by Gasteiger charge is 2.16. The molecule has 170 valence electrons. The van der Waals surface area contributed by atoms with Crippen LogP contribution in [0, 0.1) is 13.8 Å². The van der Waals surface area contributed by atoms with Crippen LogP contribution < -0.4 is 10.1 Å². The second-order valence-electron chi connectivity index (χ2n) is 7.67. The number of aromatic nitrogens is 3. The van der Waals surface area contributed by atoms with Gasteiger partial charge in [0.1, 0.15) is 5.75 Å². The summed E-state index contributed by atoms with van der Waals surface area (Å²) in [6.45, 7) is 6.60. The molecule has 2 aromatic carbocycles. The number of benzene rings is 2. The van der Waals surface area contributed by atoms with Gasteiger partial charge < -0.3 is 10.1 Å². The minimum absolute atomic E-state index is 0.118. The number of anilines is 1. The summed E-state index contributed by atoms with van der Waals surface area (Å²) in [5.41, 5.74) is 5.79. The Balaban J connectivity index is 1.43. The van der Waals surface area contributed by atoms with Crippen molar-refractivity contribution < 1.29 is 9.53 Å². The molecule has 1 N–H and O–H groups in total. The molecule has 0 atom stereocenters. The average Bonchev–Trinajstić information content (AvgIpc) is 3.36. The Labute approximate surface area is 202 Å². The van der Waals surface area contributed by atoms with Crippen LogP contribution in [0.5, 0.6) is 5.75 Å². The predicted molar refractivity (Wildman–Crippen MR) is 133 cm³/mol. The van der Waals surface area contributed by atoms with E-state index in [0.717, 1.165) is 39.4 Å². The lowest BCUT2D eigenvalue weighted by Gasteiger charge is -2.06. The zero-order valence-electron chi connectivity index (χ0n) is 18.8. The van der Waals surface area contributed by atoms with E-state index in [4.69, 9.17) is 21.4 Å². The number of hydrogen-bond acceptors (Lipinski definition) is 5. The second kappa shape index (κ2) is 10.2. The Morgan fingerprint density at radius 3 is 2.55 bits per heavy atom. The van der Waals surface area contributed by atoms with Gasteiger partial charge in [0.15, 0.2) is 0 Å². The summed E-state index contributed by atoms with van der Waals surface area (Å²) in [6, 6.07) is 15.2. The third kappa shape index (κ3) is 5.61. The maximum absolute atomic E-state index is 12.5. The average molecular weight is 481 g/mol. The van der Waals surface area contributed by atoms with Gasteiger partial charge >= 0.3 is 0 Å². The fourth-order valence-electron chi connectivity index (χ4n) is 3.57. The molecule has 0 radical (unpaired) electrons. The fraction of sp³-hybridized carbons (Fsp3) is 0.240. The molecule has 8 heteroatoms. The molecule has 1 amide bonds. The number of rotatable bonds is 8. The van der Waals surface area contributed by atoms with Gasteiger partial charge in [-0.1, -0.05) is 23.7 Å². The summed E-state index contributed by atoms with van der Waals surface area (Å²) < 4.78 is 7.29. The number of nitrogens with zero attached hydrogens (tertiary/aromatic N) is 3. The quantitative estimate of drug-likeness (QED) is 0.347. The van der Waals surface area contributed by atoms with E-state index in [0.29, 0.717) is 12.3 Å². The minimum atomic E-state index is -0.118. The Hall–Kier alpha value is -3.16. The van der Waals surface area contributed by atoms with E-state index >= 15 is 0 Å². The van der Waals surface area contributed by atoms with Gasteiger partial charge in [0, 0.05) is 33.8 Å². The van der Waals surface area contributed by atoms with Gasteiger partial charge in [-0.2, -0.15) is 5.10 Å². The highest BCUT2D eigenvalue weighted by Crippen LogP contribution is 2.24.